The van der Waals surface area contributed by atoms with Crippen molar-refractivity contribution in [2.24, 2.45) is 11.3 Å². The maximum Gasteiger partial charge on any atom is 0.416 e. The average Bonchev–Trinajstić information content (AvgIpc) is 3.28. The predicted molar refractivity (Wildman–Crippen MR) is 109 cm³/mol. The first-order valence-corrected chi connectivity index (χ1v) is 10.5. The number of hydrogen-bond acceptors (Lipinski definition) is 3. The molecule has 1 N–H and O–H groups in total. The summed E-state index contributed by atoms with van der Waals surface area (Å²) in [7, 11) is 0. The molecule has 2 fully saturated rings. The molecule has 166 valence electrons. The first-order valence-electron chi connectivity index (χ1n) is 10.5. The Hall–Kier alpha value is -1.89. The molecule has 4 nitrogen and oxygen atoms in total. The van der Waals surface area contributed by atoms with E-state index in [-0.39, 0.29) is 35.0 Å². The fourth-order valence-corrected chi connectivity index (χ4v) is 4.63. The van der Waals surface area contributed by atoms with Gasteiger partial charge < -0.3 is 5.32 Å². The van der Waals surface area contributed by atoms with Crippen LogP contribution < -0.4 is 5.32 Å². The van der Waals surface area contributed by atoms with Crippen LogP contribution in [0.5, 0.6) is 0 Å². The lowest BCUT2D eigenvalue weighted by Gasteiger charge is -2.33. The van der Waals surface area contributed by atoms with E-state index in [2.05, 4.69) is 10.2 Å². The van der Waals surface area contributed by atoms with Crippen LogP contribution in [0.4, 0.5) is 13.2 Å². The van der Waals surface area contributed by atoms with Crippen molar-refractivity contribution in [2.45, 2.75) is 65.1 Å². The van der Waals surface area contributed by atoms with Gasteiger partial charge >= 0.3 is 6.18 Å². The van der Waals surface area contributed by atoms with Crippen LogP contribution in [0.25, 0.3) is 0 Å². The SMILES string of the molecule is Cc1cc(CC(=O)C2CC23CCN(CC(=O)NC(C)(C)C)CC3)cc(C(F)(F)F)c1. The van der Waals surface area contributed by atoms with E-state index in [1.807, 2.05) is 20.8 Å². The predicted octanol–water partition coefficient (Wildman–Crippen LogP) is 4.14. The summed E-state index contributed by atoms with van der Waals surface area (Å²) in [4.78, 5) is 27.0. The number of carbonyl (C=O) groups excluding carboxylic acids is 2. The molecule has 2 aliphatic rings. The Morgan fingerprint density at radius 2 is 1.77 bits per heavy atom. The minimum atomic E-state index is -4.41. The highest BCUT2D eigenvalue weighted by Crippen LogP contribution is 2.60. The van der Waals surface area contributed by atoms with E-state index in [1.165, 1.54) is 0 Å². The zero-order chi connectivity index (χ0) is 22.3. The number of ketones is 1. The highest BCUT2D eigenvalue weighted by Gasteiger charge is 2.57. The van der Waals surface area contributed by atoms with Gasteiger partial charge in [-0.15, -0.1) is 0 Å². The smallest absolute Gasteiger partial charge is 0.350 e. The Morgan fingerprint density at radius 3 is 2.33 bits per heavy atom. The third-order valence-corrected chi connectivity index (χ3v) is 6.15. The molecule has 30 heavy (non-hydrogen) atoms. The molecule has 0 aromatic heterocycles. The number of nitrogens with one attached hydrogen (secondary N) is 1. The Bertz CT molecular complexity index is 819. The molecule has 1 aliphatic carbocycles. The Kier molecular flexibility index (Phi) is 6.07. The Morgan fingerprint density at radius 1 is 1.13 bits per heavy atom. The Balaban J connectivity index is 1.53. The maximum absolute atomic E-state index is 13.0. The second-order valence-electron chi connectivity index (χ2n) is 10.0. The number of nitrogens with zero attached hydrogens (tertiary/aromatic N) is 1. The summed E-state index contributed by atoms with van der Waals surface area (Å²) in [6.45, 7) is 9.35. The van der Waals surface area contributed by atoms with Gasteiger partial charge in [-0.25, -0.2) is 0 Å². The van der Waals surface area contributed by atoms with Crippen molar-refractivity contribution >= 4 is 11.7 Å². The summed E-state index contributed by atoms with van der Waals surface area (Å²) in [5, 5.41) is 2.96. The van der Waals surface area contributed by atoms with E-state index in [4.69, 9.17) is 0 Å². The molecular weight excluding hydrogens is 393 g/mol. The summed E-state index contributed by atoms with van der Waals surface area (Å²) >= 11 is 0. The first-order chi connectivity index (χ1) is 13.8. The number of halogens is 3. The van der Waals surface area contributed by atoms with Gasteiger partial charge in [-0.2, -0.15) is 13.2 Å². The fraction of sp³-hybridized carbons (Fsp3) is 0.652. The number of alkyl halides is 3. The van der Waals surface area contributed by atoms with Crippen LogP contribution in [-0.4, -0.2) is 41.8 Å². The van der Waals surface area contributed by atoms with E-state index in [9.17, 15) is 22.8 Å². The number of hydrogen-bond donors (Lipinski definition) is 1. The largest absolute Gasteiger partial charge is 0.416 e. The van der Waals surface area contributed by atoms with E-state index in [0.717, 1.165) is 44.5 Å². The van der Waals surface area contributed by atoms with Gasteiger partial charge in [0.2, 0.25) is 5.91 Å². The minimum absolute atomic E-state index is 0.00166. The molecule has 1 spiro atoms. The van der Waals surface area contributed by atoms with E-state index in [1.54, 1.807) is 13.0 Å². The van der Waals surface area contributed by atoms with Crippen molar-refractivity contribution < 1.29 is 22.8 Å². The second kappa shape index (κ2) is 7.98. The van der Waals surface area contributed by atoms with Crippen molar-refractivity contribution in [1.29, 1.82) is 0 Å². The van der Waals surface area contributed by atoms with Gasteiger partial charge in [0, 0.05) is 17.9 Å². The third kappa shape index (κ3) is 5.62. The third-order valence-electron chi connectivity index (χ3n) is 6.15. The molecule has 1 amide bonds. The minimum Gasteiger partial charge on any atom is -0.350 e. The van der Waals surface area contributed by atoms with Crippen molar-refractivity contribution in [3.05, 3.63) is 34.9 Å². The highest BCUT2D eigenvalue weighted by molar-refractivity contribution is 5.87. The van der Waals surface area contributed by atoms with Crippen LogP contribution >= 0.6 is 0 Å². The van der Waals surface area contributed by atoms with Gasteiger partial charge in [-0.1, -0.05) is 11.6 Å². The van der Waals surface area contributed by atoms with Crippen molar-refractivity contribution in [3.63, 3.8) is 0 Å². The second-order valence-corrected chi connectivity index (χ2v) is 10.0. The van der Waals surface area contributed by atoms with Crippen LogP contribution in [0.15, 0.2) is 18.2 Å². The maximum atomic E-state index is 13.0. The number of amides is 1. The molecule has 1 aliphatic heterocycles. The standard InChI is InChI=1S/C23H31F3N2O2/c1-15-9-16(11-17(10-15)23(24,25)26)12-19(29)18-13-22(18)5-7-28(8-6-22)14-20(30)27-21(2,3)4/h9-11,18H,5-8,12-14H2,1-4H3,(H,27,30). The number of benzene rings is 1. The number of Topliss-reactive ketones (excluding diaryl/α,β-unsaturated/α-hetero) is 1. The Labute approximate surface area is 176 Å². The summed E-state index contributed by atoms with van der Waals surface area (Å²) in [6, 6.07) is 3.87. The average molecular weight is 425 g/mol. The quantitative estimate of drug-likeness (QED) is 0.773. The zero-order valence-electron chi connectivity index (χ0n) is 18.2. The first kappa shape index (κ1) is 22.8. The van der Waals surface area contributed by atoms with Crippen molar-refractivity contribution in [1.82, 2.24) is 10.2 Å². The molecule has 1 aromatic carbocycles. The summed E-state index contributed by atoms with van der Waals surface area (Å²) in [5.74, 6) is -0.0349. The van der Waals surface area contributed by atoms with Crippen LogP contribution in [0, 0.1) is 18.3 Å². The number of rotatable bonds is 5. The molecule has 1 aromatic rings. The van der Waals surface area contributed by atoms with Crippen molar-refractivity contribution in [2.75, 3.05) is 19.6 Å². The van der Waals surface area contributed by atoms with E-state index < -0.39 is 11.7 Å². The molecule has 7 heteroatoms. The monoisotopic (exact) mass is 424 g/mol. The fourth-order valence-electron chi connectivity index (χ4n) is 4.63. The number of piperidine rings is 1. The van der Waals surface area contributed by atoms with Gasteiger partial charge in [0.1, 0.15) is 5.78 Å². The molecule has 0 bridgehead atoms. The van der Waals surface area contributed by atoms with Crippen LogP contribution in [0.3, 0.4) is 0 Å². The molecular formula is C23H31F3N2O2. The molecule has 1 saturated carbocycles. The molecule has 1 atom stereocenters. The van der Waals surface area contributed by atoms with Crippen LogP contribution in [-0.2, 0) is 22.2 Å². The van der Waals surface area contributed by atoms with E-state index >= 15 is 0 Å². The van der Waals surface area contributed by atoms with E-state index in [0.29, 0.717) is 17.7 Å². The van der Waals surface area contributed by atoms with Gasteiger partial charge in [-0.3, -0.25) is 14.5 Å². The lowest BCUT2D eigenvalue weighted by molar-refractivity contribution is -0.137. The molecule has 3 rings (SSSR count). The molecule has 0 radical (unpaired) electrons. The topological polar surface area (TPSA) is 49.4 Å². The van der Waals surface area contributed by atoms with Gasteiger partial charge in [0.15, 0.2) is 0 Å². The lowest BCUT2D eigenvalue weighted by Crippen LogP contribution is -2.47. The van der Waals surface area contributed by atoms with Crippen LogP contribution in [0.1, 0.15) is 56.7 Å². The highest BCUT2D eigenvalue weighted by atomic mass is 19.4. The molecule has 1 unspecified atom stereocenters. The molecule has 1 saturated heterocycles. The zero-order valence-corrected chi connectivity index (χ0v) is 18.2. The lowest BCUT2D eigenvalue weighted by atomic mass is 9.88. The molecule has 1 heterocycles. The summed E-state index contributed by atoms with van der Waals surface area (Å²) in [5.41, 5.74) is -0.0300. The van der Waals surface area contributed by atoms with Gasteiger partial charge in [0.25, 0.3) is 0 Å². The number of likely N-dealkylation sites (tertiary alicyclic amines) is 1. The van der Waals surface area contributed by atoms with Crippen LogP contribution in [0.2, 0.25) is 0 Å². The number of aryl methyl sites for hydroxylation is 1. The van der Waals surface area contributed by atoms with Gasteiger partial charge in [-0.05, 0) is 83.2 Å². The summed E-state index contributed by atoms with van der Waals surface area (Å²) in [6.07, 6.45) is -1.83. The normalized spacial score (nSPS) is 21.5. The van der Waals surface area contributed by atoms with Crippen molar-refractivity contribution in [3.8, 4) is 0 Å². The summed E-state index contributed by atoms with van der Waals surface area (Å²) < 4.78 is 39.1. The van der Waals surface area contributed by atoms with Gasteiger partial charge in [0.05, 0.1) is 12.1 Å². The number of carbonyl (C=O) groups is 2.